The van der Waals surface area contributed by atoms with Gasteiger partial charge in [-0.15, -0.1) is 0 Å². The second kappa shape index (κ2) is 7.05. The Morgan fingerprint density at radius 1 is 1.18 bits per heavy atom. The Bertz CT molecular complexity index is 909. The molecule has 28 heavy (non-hydrogen) atoms. The van der Waals surface area contributed by atoms with Gasteiger partial charge in [0.15, 0.2) is 17.3 Å². The normalized spacial score (nSPS) is 21.7. The van der Waals surface area contributed by atoms with Gasteiger partial charge in [0.25, 0.3) is 0 Å². The number of nitrogens with zero attached hydrogens (tertiary/aromatic N) is 3. The molecule has 1 aliphatic carbocycles. The lowest BCUT2D eigenvalue weighted by Gasteiger charge is -2.32. The molecule has 1 atom stereocenters. The van der Waals surface area contributed by atoms with Gasteiger partial charge in [0.2, 0.25) is 12.7 Å². The van der Waals surface area contributed by atoms with Crippen molar-refractivity contribution in [2.45, 2.75) is 26.3 Å². The number of nitrogens with one attached hydrogen (secondary N) is 1. The van der Waals surface area contributed by atoms with E-state index < -0.39 is 0 Å². The molecule has 1 aromatic carbocycles. The van der Waals surface area contributed by atoms with Crippen molar-refractivity contribution in [3.8, 4) is 11.5 Å². The fraction of sp³-hybridized carbons (Fsp3) is 0.476. The molecule has 0 spiro atoms. The van der Waals surface area contributed by atoms with Crippen LogP contribution in [0.3, 0.4) is 0 Å². The highest BCUT2D eigenvalue weighted by Crippen LogP contribution is 2.32. The Hall–Kier alpha value is -2.67. The number of hydrogen-bond donors (Lipinski definition) is 1. The molecule has 0 unspecified atom stereocenters. The molecule has 5 rings (SSSR count). The van der Waals surface area contributed by atoms with Gasteiger partial charge in [0.05, 0.1) is 37.4 Å². The lowest BCUT2D eigenvalue weighted by atomic mass is 9.88. The fourth-order valence-corrected chi connectivity index (χ4v) is 4.32. The number of carbonyl (C=O) groups excluding carboxylic acids is 1. The minimum Gasteiger partial charge on any atom is -0.454 e. The van der Waals surface area contributed by atoms with Gasteiger partial charge in [0, 0.05) is 18.2 Å². The maximum absolute atomic E-state index is 12.2. The number of rotatable bonds is 3. The average molecular weight is 381 g/mol. The topological polar surface area (TPSA) is 69.0 Å². The molecule has 3 heterocycles. The molecule has 1 fully saturated rings. The van der Waals surface area contributed by atoms with E-state index in [-0.39, 0.29) is 5.78 Å². The van der Waals surface area contributed by atoms with Crippen molar-refractivity contribution in [1.82, 2.24) is 9.97 Å². The van der Waals surface area contributed by atoms with E-state index in [2.05, 4.69) is 28.9 Å². The molecule has 7 heteroatoms. The Balaban J connectivity index is 1.23. The van der Waals surface area contributed by atoms with E-state index in [4.69, 9.17) is 14.5 Å². The molecule has 3 aliphatic rings. The zero-order chi connectivity index (χ0) is 19.1. The van der Waals surface area contributed by atoms with Crippen LogP contribution in [-0.2, 0) is 13.0 Å². The van der Waals surface area contributed by atoms with E-state index in [0.717, 1.165) is 62.3 Å². The summed E-state index contributed by atoms with van der Waals surface area (Å²) in [5.41, 5.74) is 2.91. The molecule has 1 N–H and O–H groups in total. The summed E-state index contributed by atoms with van der Waals surface area (Å²) in [6.45, 7) is 7.30. The smallest absolute Gasteiger partial charge is 0.231 e. The zero-order valence-corrected chi connectivity index (χ0v) is 16.1. The van der Waals surface area contributed by atoms with E-state index in [1.165, 1.54) is 10.5 Å². The van der Waals surface area contributed by atoms with Crippen LogP contribution in [0.25, 0.3) is 0 Å². The number of piperazine rings is 1. The molecular formula is C21H25N4O3+. The van der Waals surface area contributed by atoms with Gasteiger partial charge < -0.3 is 19.3 Å². The first-order valence-corrected chi connectivity index (χ1v) is 10.0. The summed E-state index contributed by atoms with van der Waals surface area (Å²) >= 11 is 0. The Kier molecular flexibility index (Phi) is 4.39. The maximum atomic E-state index is 12.2. The highest BCUT2D eigenvalue weighted by Gasteiger charge is 2.27. The van der Waals surface area contributed by atoms with Crippen molar-refractivity contribution < 1.29 is 19.2 Å². The second-order valence-electron chi connectivity index (χ2n) is 8.07. The summed E-state index contributed by atoms with van der Waals surface area (Å²) in [6.07, 6.45) is 3.21. The molecule has 1 aromatic heterocycles. The van der Waals surface area contributed by atoms with E-state index in [1.807, 2.05) is 6.07 Å². The molecule has 7 nitrogen and oxygen atoms in total. The fourth-order valence-electron chi connectivity index (χ4n) is 4.32. The number of ether oxygens (including phenoxy) is 2. The maximum Gasteiger partial charge on any atom is 0.231 e. The predicted molar refractivity (Wildman–Crippen MR) is 103 cm³/mol. The largest absolute Gasteiger partial charge is 0.454 e. The van der Waals surface area contributed by atoms with Crippen LogP contribution in [0, 0.1) is 5.92 Å². The van der Waals surface area contributed by atoms with E-state index in [9.17, 15) is 4.79 Å². The number of aromatic nitrogens is 2. The molecule has 2 aliphatic heterocycles. The summed E-state index contributed by atoms with van der Waals surface area (Å²) in [4.78, 5) is 25.2. The summed E-state index contributed by atoms with van der Waals surface area (Å²) < 4.78 is 10.9. The number of quaternary nitrogens is 1. The summed E-state index contributed by atoms with van der Waals surface area (Å²) in [6, 6.07) is 6.21. The van der Waals surface area contributed by atoms with E-state index >= 15 is 0 Å². The first-order chi connectivity index (χ1) is 13.7. The minimum absolute atomic E-state index is 0.179. The molecule has 146 valence electrons. The first kappa shape index (κ1) is 17.4. The lowest BCUT2D eigenvalue weighted by molar-refractivity contribution is -0.914. The standard InChI is InChI=1S/C21H24N4O3/c1-14-8-17-16(18(26)9-14)11-22-21(23-17)25-6-4-24(5-7-25)12-15-2-3-19-20(10-15)28-13-27-19/h2-3,10-11,14H,4-9,12-13H2,1H3/p+1/t14-/m0/s1. The van der Waals surface area contributed by atoms with Crippen molar-refractivity contribution in [2.75, 3.05) is 37.9 Å². The average Bonchev–Trinajstić information content (AvgIpc) is 3.16. The van der Waals surface area contributed by atoms with Crippen molar-refractivity contribution >= 4 is 11.7 Å². The van der Waals surface area contributed by atoms with Crippen molar-refractivity contribution in [3.63, 3.8) is 0 Å². The minimum atomic E-state index is 0.179. The number of carbonyl (C=O) groups is 1. The van der Waals surface area contributed by atoms with Crippen molar-refractivity contribution in [2.24, 2.45) is 5.92 Å². The van der Waals surface area contributed by atoms with E-state index in [1.54, 1.807) is 6.20 Å². The van der Waals surface area contributed by atoms with Crippen molar-refractivity contribution in [3.05, 3.63) is 41.2 Å². The first-order valence-electron chi connectivity index (χ1n) is 10.0. The molecule has 1 saturated heterocycles. The number of fused-ring (bicyclic) bond motifs is 2. The van der Waals surface area contributed by atoms with Gasteiger partial charge in [-0.3, -0.25) is 4.79 Å². The van der Waals surface area contributed by atoms with Crippen LogP contribution in [0.4, 0.5) is 5.95 Å². The Labute approximate surface area is 164 Å². The summed E-state index contributed by atoms with van der Waals surface area (Å²) in [7, 11) is 0. The van der Waals surface area contributed by atoms with Crippen LogP contribution >= 0.6 is 0 Å². The van der Waals surface area contributed by atoms with Crippen molar-refractivity contribution in [1.29, 1.82) is 0 Å². The number of anilines is 1. The van der Waals surface area contributed by atoms with Gasteiger partial charge in [0.1, 0.15) is 6.54 Å². The third kappa shape index (κ3) is 3.30. The number of Topliss-reactive ketones (excluding diaryl/α,β-unsaturated/α-hetero) is 1. The number of ketones is 1. The van der Waals surface area contributed by atoms with Crippen LogP contribution in [0.15, 0.2) is 24.4 Å². The lowest BCUT2D eigenvalue weighted by Crippen LogP contribution is -3.13. The third-order valence-corrected chi connectivity index (χ3v) is 5.88. The van der Waals surface area contributed by atoms with Gasteiger partial charge >= 0.3 is 0 Å². The summed E-state index contributed by atoms with van der Waals surface area (Å²) in [5, 5.41) is 0. The Morgan fingerprint density at radius 2 is 2.00 bits per heavy atom. The van der Waals surface area contributed by atoms with Gasteiger partial charge in [-0.1, -0.05) is 6.92 Å². The quantitative estimate of drug-likeness (QED) is 0.851. The van der Waals surface area contributed by atoms with Crippen LogP contribution < -0.4 is 19.3 Å². The molecule has 2 aromatic rings. The van der Waals surface area contributed by atoms with Gasteiger partial charge in [-0.2, -0.15) is 0 Å². The van der Waals surface area contributed by atoms with Crippen LogP contribution in [0.1, 0.15) is 35.0 Å². The molecule has 0 radical (unpaired) electrons. The molecule has 0 saturated carbocycles. The van der Waals surface area contributed by atoms with E-state index in [0.29, 0.717) is 24.7 Å². The van der Waals surface area contributed by atoms with Crippen LogP contribution in [-0.4, -0.2) is 48.7 Å². The summed E-state index contributed by atoms with van der Waals surface area (Å²) in [5.74, 6) is 2.99. The third-order valence-electron chi connectivity index (χ3n) is 5.88. The Morgan fingerprint density at radius 3 is 2.86 bits per heavy atom. The molecular weight excluding hydrogens is 356 g/mol. The van der Waals surface area contributed by atoms with Gasteiger partial charge in [-0.25, -0.2) is 9.97 Å². The SMILES string of the molecule is C[C@@H]1CC(=O)c2cnc(N3CC[NH+](Cc4ccc5c(c4)OCO5)CC3)nc2C1. The van der Waals surface area contributed by atoms with Gasteiger partial charge in [-0.05, 0) is 30.5 Å². The number of benzene rings is 1. The monoisotopic (exact) mass is 381 g/mol. The molecule has 0 amide bonds. The highest BCUT2D eigenvalue weighted by atomic mass is 16.7. The highest BCUT2D eigenvalue weighted by molar-refractivity contribution is 5.98. The van der Waals surface area contributed by atoms with Crippen LogP contribution in [0.5, 0.6) is 11.5 Å². The number of hydrogen-bond acceptors (Lipinski definition) is 6. The second-order valence-corrected chi connectivity index (χ2v) is 8.07. The zero-order valence-electron chi connectivity index (χ0n) is 16.1. The van der Waals surface area contributed by atoms with Crippen LogP contribution in [0.2, 0.25) is 0 Å². The predicted octanol–water partition coefficient (Wildman–Crippen LogP) is 0.875. The molecule has 0 bridgehead atoms.